The second-order valence-electron chi connectivity index (χ2n) is 2.89. The lowest BCUT2D eigenvalue weighted by molar-refractivity contribution is 0.112. The van der Waals surface area contributed by atoms with Gasteiger partial charge >= 0.3 is 0 Å². The molecular weight excluding hydrogens is 164 g/mol. The number of aryl methyl sites for hydroxylation is 1. The van der Waals surface area contributed by atoms with E-state index in [1.807, 2.05) is 19.1 Å². The summed E-state index contributed by atoms with van der Waals surface area (Å²) in [4.78, 5) is 18.1. The maximum Gasteiger partial charge on any atom is 0.154 e. The van der Waals surface area contributed by atoms with Gasteiger partial charge in [0.05, 0.1) is 16.6 Å². The third kappa shape index (κ3) is 1.13. The fraction of sp³-hybridized carbons (Fsp3) is 0.200. The quantitative estimate of drug-likeness (QED) is 0.707. The molecule has 0 amide bonds. The number of nitrogens with zero attached hydrogens (tertiary/aromatic N) is 1. The van der Waals surface area contributed by atoms with E-state index in [9.17, 15) is 4.79 Å². The van der Waals surface area contributed by atoms with Crippen LogP contribution in [0.2, 0.25) is 0 Å². The topological polar surface area (TPSA) is 45.8 Å². The van der Waals surface area contributed by atoms with Crippen LogP contribution in [0, 0.1) is 0 Å². The molecule has 0 atom stereocenters. The average molecular weight is 174 g/mol. The molecule has 0 spiro atoms. The van der Waals surface area contributed by atoms with E-state index in [-0.39, 0.29) is 0 Å². The zero-order valence-corrected chi connectivity index (χ0v) is 7.37. The number of aromatic amines is 1. The van der Waals surface area contributed by atoms with E-state index in [0.29, 0.717) is 5.56 Å². The molecule has 0 fully saturated rings. The molecule has 2 rings (SSSR count). The fourth-order valence-electron chi connectivity index (χ4n) is 1.50. The van der Waals surface area contributed by atoms with Gasteiger partial charge in [0, 0.05) is 11.9 Å². The molecule has 0 saturated carbocycles. The fourth-order valence-corrected chi connectivity index (χ4v) is 1.50. The van der Waals surface area contributed by atoms with E-state index in [2.05, 4.69) is 9.97 Å². The van der Waals surface area contributed by atoms with Crippen molar-refractivity contribution < 1.29 is 4.79 Å². The second-order valence-corrected chi connectivity index (χ2v) is 2.89. The molecule has 2 heterocycles. The average Bonchev–Trinajstić information content (AvgIpc) is 2.55. The number of aromatic nitrogens is 2. The van der Waals surface area contributed by atoms with Crippen molar-refractivity contribution in [3.63, 3.8) is 0 Å². The summed E-state index contributed by atoms with van der Waals surface area (Å²) in [5, 5.41) is 0. The minimum absolute atomic E-state index is 0.693. The largest absolute Gasteiger partial charge is 0.356 e. The Hall–Kier alpha value is -1.64. The number of hydrogen-bond donors (Lipinski definition) is 1. The monoisotopic (exact) mass is 174 g/mol. The molecule has 0 bridgehead atoms. The van der Waals surface area contributed by atoms with E-state index < -0.39 is 0 Å². The maximum atomic E-state index is 10.8. The van der Waals surface area contributed by atoms with E-state index >= 15 is 0 Å². The van der Waals surface area contributed by atoms with Crippen molar-refractivity contribution in [2.45, 2.75) is 13.3 Å². The van der Waals surface area contributed by atoms with Gasteiger partial charge in [-0.3, -0.25) is 9.78 Å². The molecule has 2 aromatic rings. The molecule has 66 valence electrons. The summed E-state index contributed by atoms with van der Waals surface area (Å²) in [5.74, 6) is 0. The SMILES string of the molecule is CCc1[nH]c2cccnc2c1C=O. The normalized spacial score (nSPS) is 10.5. The van der Waals surface area contributed by atoms with Gasteiger partial charge in [0.1, 0.15) is 0 Å². The third-order valence-electron chi connectivity index (χ3n) is 2.14. The van der Waals surface area contributed by atoms with Crippen LogP contribution in [0.4, 0.5) is 0 Å². The molecule has 1 N–H and O–H groups in total. The van der Waals surface area contributed by atoms with Gasteiger partial charge in [0.25, 0.3) is 0 Å². The Bertz CT molecular complexity index is 445. The van der Waals surface area contributed by atoms with E-state index in [4.69, 9.17) is 0 Å². The van der Waals surface area contributed by atoms with Crippen LogP contribution >= 0.6 is 0 Å². The molecule has 2 aromatic heterocycles. The molecule has 0 aliphatic carbocycles. The van der Waals surface area contributed by atoms with Gasteiger partial charge in [-0.05, 0) is 18.6 Å². The van der Waals surface area contributed by atoms with Crippen molar-refractivity contribution in [2.24, 2.45) is 0 Å². The second kappa shape index (κ2) is 3.01. The maximum absolute atomic E-state index is 10.8. The first-order chi connectivity index (χ1) is 6.36. The lowest BCUT2D eigenvalue weighted by atomic mass is 10.2. The number of pyridine rings is 1. The molecule has 0 aromatic carbocycles. The highest BCUT2D eigenvalue weighted by Crippen LogP contribution is 2.18. The summed E-state index contributed by atoms with van der Waals surface area (Å²) in [6, 6.07) is 3.78. The van der Waals surface area contributed by atoms with Crippen LogP contribution in [-0.2, 0) is 6.42 Å². The molecular formula is C10H10N2O. The highest BCUT2D eigenvalue weighted by Gasteiger charge is 2.08. The summed E-state index contributed by atoms with van der Waals surface area (Å²) >= 11 is 0. The van der Waals surface area contributed by atoms with Crippen molar-refractivity contribution in [3.05, 3.63) is 29.6 Å². The van der Waals surface area contributed by atoms with Gasteiger partial charge in [-0.2, -0.15) is 0 Å². The van der Waals surface area contributed by atoms with Gasteiger partial charge in [-0.1, -0.05) is 6.92 Å². The zero-order valence-electron chi connectivity index (χ0n) is 7.37. The van der Waals surface area contributed by atoms with Crippen molar-refractivity contribution in [1.82, 2.24) is 9.97 Å². The zero-order chi connectivity index (χ0) is 9.26. The Morgan fingerprint density at radius 3 is 3.15 bits per heavy atom. The Labute approximate surface area is 75.8 Å². The molecule has 3 nitrogen and oxygen atoms in total. The Morgan fingerprint density at radius 2 is 2.46 bits per heavy atom. The van der Waals surface area contributed by atoms with Crippen LogP contribution in [0.5, 0.6) is 0 Å². The van der Waals surface area contributed by atoms with Gasteiger partial charge in [0.2, 0.25) is 0 Å². The van der Waals surface area contributed by atoms with Crippen molar-refractivity contribution in [1.29, 1.82) is 0 Å². The van der Waals surface area contributed by atoms with Gasteiger partial charge < -0.3 is 4.98 Å². The standard InChI is InChI=1S/C10H10N2O/c1-2-8-7(6-13)10-9(12-8)4-3-5-11-10/h3-6,12H,2H2,1H3. The first-order valence-electron chi connectivity index (χ1n) is 4.27. The predicted octanol–water partition coefficient (Wildman–Crippen LogP) is 1.94. The number of H-pyrrole nitrogens is 1. The van der Waals surface area contributed by atoms with Crippen molar-refractivity contribution >= 4 is 17.3 Å². The summed E-state index contributed by atoms with van der Waals surface area (Å²) < 4.78 is 0. The van der Waals surface area contributed by atoms with Crippen LogP contribution in [0.15, 0.2) is 18.3 Å². The smallest absolute Gasteiger partial charge is 0.154 e. The molecule has 0 unspecified atom stereocenters. The van der Waals surface area contributed by atoms with E-state index in [0.717, 1.165) is 29.4 Å². The molecule has 0 saturated heterocycles. The van der Waals surface area contributed by atoms with Gasteiger partial charge in [-0.25, -0.2) is 0 Å². The molecule has 3 heteroatoms. The number of aldehydes is 1. The number of carbonyl (C=O) groups is 1. The van der Waals surface area contributed by atoms with Crippen molar-refractivity contribution in [3.8, 4) is 0 Å². The number of carbonyl (C=O) groups excluding carboxylic acids is 1. The highest BCUT2D eigenvalue weighted by molar-refractivity contribution is 5.96. The summed E-state index contributed by atoms with van der Waals surface area (Å²) in [6.45, 7) is 2.01. The molecule has 0 aliphatic rings. The van der Waals surface area contributed by atoms with E-state index in [1.54, 1.807) is 6.20 Å². The molecule has 0 radical (unpaired) electrons. The first-order valence-corrected chi connectivity index (χ1v) is 4.27. The predicted molar refractivity (Wildman–Crippen MR) is 50.9 cm³/mol. The Kier molecular flexibility index (Phi) is 1.85. The molecule has 0 aliphatic heterocycles. The number of fused-ring (bicyclic) bond motifs is 1. The van der Waals surface area contributed by atoms with Gasteiger partial charge in [0.15, 0.2) is 6.29 Å². The summed E-state index contributed by atoms with van der Waals surface area (Å²) in [6.07, 6.45) is 3.39. The van der Waals surface area contributed by atoms with Crippen LogP contribution < -0.4 is 0 Å². The minimum Gasteiger partial charge on any atom is -0.356 e. The number of rotatable bonds is 2. The number of hydrogen-bond acceptors (Lipinski definition) is 2. The van der Waals surface area contributed by atoms with Crippen LogP contribution in [0.3, 0.4) is 0 Å². The number of nitrogens with one attached hydrogen (secondary N) is 1. The van der Waals surface area contributed by atoms with E-state index in [1.165, 1.54) is 0 Å². The van der Waals surface area contributed by atoms with Crippen molar-refractivity contribution in [2.75, 3.05) is 0 Å². The summed E-state index contributed by atoms with van der Waals surface area (Å²) in [5.41, 5.74) is 3.36. The lowest BCUT2D eigenvalue weighted by Gasteiger charge is -1.89. The van der Waals surface area contributed by atoms with Crippen LogP contribution in [0.25, 0.3) is 11.0 Å². The Morgan fingerprint density at radius 1 is 1.62 bits per heavy atom. The minimum atomic E-state index is 0.693. The van der Waals surface area contributed by atoms with Gasteiger partial charge in [-0.15, -0.1) is 0 Å². The van der Waals surface area contributed by atoms with Crippen LogP contribution in [-0.4, -0.2) is 16.3 Å². The highest BCUT2D eigenvalue weighted by atomic mass is 16.1. The third-order valence-corrected chi connectivity index (χ3v) is 2.14. The first kappa shape index (κ1) is 7.98. The Balaban J connectivity index is 2.81. The summed E-state index contributed by atoms with van der Waals surface area (Å²) in [7, 11) is 0. The lowest BCUT2D eigenvalue weighted by Crippen LogP contribution is -1.86. The molecule has 13 heavy (non-hydrogen) atoms. The van der Waals surface area contributed by atoms with Crippen LogP contribution in [0.1, 0.15) is 23.0 Å².